The summed E-state index contributed by atoms with van der Waals surface area (Å²) in [5, 5.41) is 0. The van der Waals surface area contributed by atoms with Gasteiger partial charge in [0.25, 0.3) is 0 Å². The highest BCUT2D eigenvalue weighted by molar-refractivity contribution is 6.36. The third-order valence-electron chi connectivity index (χ3n) is 2.04. The minimum atomic E-state index is -0.633. The van der Waals surface area contributed by atoms with Gasteiger partial charge in [-0.25, -0.2) is 0 Å². The summed E-state index contributed by atoms with van der Waals surface area (Å²) in [5.41, 5.74) is 0. The lowest BCUT2D eigenvalue weighted by molar-refractivity contribution is -0.144. The number of unbranched alkanes of at least 4 members (excludes halogenated alkanes) is 2. The molecule has 0 aliphatic heterocycles. The van der Waals surface area contributed by atoms with Crippen molar-refractivity contribution in [3.8, 4) is 0 Å². The lowest BCUT2D eigenvalue weighted by atomic mass is 10.3. The fraction of sp³-hybridized carbons (Fsp3) is 0.889. The van der Waals surface area contributed by atoms with Gasteiger partial charge in [0.15, 0.2) is 0 Å². The predicted octanol–water partition coefficient (Wildman–Crippen LogP) is 2.49. The van der Waals surface area contributed by atoms with Crippen LogP contribution in [0.15, 0.2) is 0 Å². The topological polar surface area (TPSA) is 26.3 Å². The van der Waals surface area contributed by atoms with E-state index in [0.717, 1.165) is 32.1 Å². The number of rotatable bonds is 5. The third-order valence-corrected chi connectivity index (χ3v) is 2.57. The highest BCUT2D eigenvalue weighted by Gasteiger charge is 2.49. The molecule has 0 radical (unpaired) electrons. The molecule has 1 aliphatic rings. The minimum Gasteiger partial charge on any atom is -0.464 e. The number of carbonyl (C=O) groups excluding carboxylic acids is 1. The van der Waals surface area contributed by atoms with Crippen molar-refractivity contribution in [2.45, 2.75) is 43.9 Å². The van der Waals surface area contributed by atoms with Gasteiger partial charge in [0, 0.05) is 0 Å². The largest absolute Gasteiger partial charge is 0.464 e. The van der Waals surface area contributed by atoms with Crippen molar-refractivity contribution in [1.29, 1.82) is 0 Å². The fourth-order valence-electron chi connectivity index (χ4n) is 0.960. The van der Waals surface area contributed by atoms with E-state index in [9.17, 15) is 4.79 Å². The molecule has 0 unspecified atom stereocenters. The van der Waals surface area contributed by atoms with E-state index in [1.165, 1.54) is 0 Å². The lowest BCUT2D eigenvalue weighted by Crippen LogP contribution is -2.19. The molecule has 0 heterocycles. The average Bonchev–Trinajstić information content (AvgIpc) is 2.78. The van der Waals surface area contributed by atoms with Crippen molar-refractivity contribution in [3.05, 3.63) is 0 Å². The van der Waals surface area contributed by atoms with Gasteiger partial charge in [-0.15, -0.1) is 11.6 Å². The van der Waals surface area contributed by atoms with Gasteiger partial charge in [0.2, 0.25) is 0 Å². The zero-order valence-corrected chi connectivity index (χ0v) is 8.19. The molecule has 1 rings (SSSR count). The molecule has 0 aromatic rings. The molecule has 70 valence electrons. The molecule has 0 atom stereocenters. The summed E-state index contributed by atoms with van der Waals surface area (Å²) < 4.78 is 5.00. The van der Waals surface area contributed by atoms with Gasteiger partial charge in [-0.3, -0.25) is 4.79 Å². The number of ether oxygens (including phenoxy) is 1. The fourth-order valence-corrected chi connectivity index (χ4v) is 1.11. The second-order valence-electron chi connectivity index (χ2n) is 3.31. The maximum atomic E-state index is 11.1. The summed E-state index contributed by atoms with van der Waals surface area (Å²) in [6.45, 7) is 2.65. The summed E-state index contributed by atoms with van der Waals surface area (Å²) >= 11 is 5.83. The average molecular weight is 191 g/mol. The van der Waals surface area contributed by atoms with Gasteiger partial charge in [-0.2, -0.15) is 0 Å². The minimum absolute atomic E-state index is 0.222. The summed E-state index contributed by atoms with van der Waals surface area (Å²) in [7, 11) is 0. The van der Waals surface area contributed by atoms with Crippen LogP contribution in [0.2, 0.25) is 0 Å². The molecule has 0 spiro atoms. The van der Waals surface area contributed by atoms with Crippen LogP contribution in [0, 0.1) is 0 Å². The van der Waals surface area contributed by atoms with Gasteiger partial charge in [-0.1, -0.05) is 19.8 Å². The van der Waals surface area contributed by atoms with E-state index in [1.807, 2.05) is 0 Å². The first-order valence-electron chi connectivity index (χ1n) is 4.55. The van der Waals surface area contributed by atoms with Crippen molar-refractivity contribution in [1.82, 2.24) is 0 Å². The third kappa shape index (κ3) is 2.67. The van der Waals surface area contributed by atoms with Gasteiger partial charge >= 0.3 is 5.97 Å². The van der Waals surface area contributed by atoms with Gasteiger partial charge in [0.05, 0.1) is 6.61 Å². The van der Waals surface area contributed by atoms with Crippen LogP contribution in [0.4, 0.5) is 0 Å². The second kappa shape index (κ2) is 4.13. The number of hydrogen-bond acceptors (Lipinski definition) is 2. The highest BCUT2D eigenvalue weighted by Crippen LogP contribution is 2.43. The molecule has 1 saturated carbocycles. The quantitative estimate of drug-likeness (QED) is 0.378. The van der Waals surface area contributed by atoms with Crippen molar-refractivity contribution >= 4 is 17.6 Å². The molecule has 1 aliphatic carbocycles. The predicted molar refractivity (Wildman–Crippen MR) is 48.3 cm³/mol. The van der Waals surface area contributed by atoms with E-state index in [1.54, 1.807) is 0 Å². The Balaban J connectivity index is 2.03. The molecule has 0 saturated heterocycles. The Kier molecular flexibility index (Phi) is 3.39. The molecule has 1 fully saturated rings. The number of halogens is 1. The Hall–Kier alpha value is -0.240. The summed E-state index contributed by atoms with van der Waals surface area (Å²) in [5.74, 6) is -0.222. The van der Waals surface area contributed by atoms with Crippen molar-refractivity contribution in [2.75, 3.05) is 6.61 Å². The molecule has 3 heteroatoms. The zero-order chi connectivity index (χ0) is 9.03. The Labute approximate surface area is 78.2 Å². The van der Waals surface area contributed by atoms with E-state index < -0.39 is 4.87 Å². The lowest BCUT2D eigenvalue weighted by Gasteiger charge is -2.06. The molecule has 12 heavy (non-hydrogen) atoms. The van der Waals surface area contributed by atoms with E-state index in [-0.39, 0.29) is 5.97 Å². The Morgan fingerprint density at radius 2 is 2.17 bits per heavy atom. The highest BCUT2D eigenvalue weighted by atomic mass is 35.5. The normalized spacial score (nSPS) is 18.8. The van der Waals surface area contributed by atoms with Crippen molar-refractivity contribution < 1.29 is 9.53 Å². The molecule has 0 aromatic heterocycles. The molecule has 0 N–H and O–H groups in total. The first-order valence-corrected chi connectivity index (χ1v) is 4.93. The van der Waals surface area contributed by atoms with E-state index in [0.29, 0.717) is 6.61 Å². The van der Waals surface area contributed by atoms with Crippen molar-refractivity contribution in [3.63, 3.8) is 0 Å². The Morgan fingerprint density at radius 3 is 2.67 bits per heavy atom. The Morgan fingerprint density at radius 1 is 1.50 bits per heavy atom. The van der Waals surface area contributed by atoms with Crippen LogP contribution in [0.1, 0.15) is 39.0 Å². The molecular formula is C9H15ClO2. The molecule has 2 nitrogen and oxygen atoms in total. The van der Waals surface area contributed by atoms with Gasteiger partial charge in [0.1, 0.15) is 4.87 Å². The second-order valence-corrected chi connectivity index (χ2v) is 4.03. The van der Waals surface area contributed by atoms with E-state index >= 15 is 0 Å². The van der Waals surface area contributed by atoms with Crippen LogP contribution >= 0.6 is 11.6 Å². The first-order chi connectivity index (χ1) is 5.69. The van der Waals surface area contributed by atoms with Crippen LogP contribution in [-0.4, -0.2) is 17.5 Å². The van der Waals surface area contributed by atoms with Crippen LogP contribution < -0.4 is 0 Å². The van der Waals surface area contributed by atoms with E-state index in [4.69, 9.17) is 16.3 Å². The van der Waals surface area contributed by atoms with Crippen molar-refractivity contribution in [2.24, 2.45) is 0 Å². The number of alkyl halides is 1. The maximum absolute atomic E-state index is 11.1. The Bertz CT molecular complexity index is 164. The van der Waals surface area contributed by atoms with Crippen LogP contribution in [-0.2, 0) is 9.53 Å². The monoisotopic (exact) mass is 190 g/mol. The summed E-state index contributed by atoms with van der Waals surface area (Å²) in [4.78, 5) is 10.5. The van der Waals surface area contributed by atoms with E-state index in [2.05, 4.69) is 6.92 Å². The maximum Gasteiger partial charge on any atom is 0.327 e. The van der Waals surface area contributed by atoms with Crippen LogP contribution in [0.25, 0.3) is 0 Å². The number of carbonyl (C=O) groups is 1. The first kappa shape index (κ1) is 9.85. The van der Waals surface area contributed by atoms with Gasteiger partial charge in [-0.05, 0) is 19.3 Å². The summed E-state index contributed by atoms with van der Waals surface area (Å²) in [6.07, 6.45) is 4.77. The van der Waals surface area contributed by atoms with Crippen LogP contribution in [0.3, 0.4) is 0 Å². The summed E-state index contributed by atoms with van der Waals surface area (Å²) in [6, 6.07) is 0. The van der Waals surface area contributed by atoms with Crippen LogP contribution in [0.5, 0.6) is 0 Å². The molecule has 0 amide bonds. The standard InChI is InChI=1S/C9H15ClO2/c1-2-3-4-7-12-8(11)9(10)5-6-9/h2-7H2,1H3. The molecule has 0 aromatic carbocycles. The van der Waals surface area contributed by atoms with Gasteiger partial charge < -0.3 is 4.74 Å². The molecule has 0 bridgehead atoms. The zero-order valence-electron chi connectivity index (χ0n) is 7.44. The molecular weight excluding hydrogens is 176 g/mol. The smallest absolute Gasteiger partial charge is 0.327 e. The number of esters is 1. The SMILES string of the molecule is CCCCCOC(=O)C1(Cl)CC1. The number of hydrogen-bond donors (Lipinski definition) is 0.